The summed E-state index contributed by atoms with van der Waals surface area (Å²) in [5, 5.41) is 6.00. The summed E-state index contributed by atoms with van der Waals surface area (Å²) in [6.07, 6.45) is 0. The van der Waals surface area contributed by atoms with E-state index in [1.54, 1.807) is 7.11 Å². The Bertz CT molecular complexity index is 546. The summed E-state index contributed by atoms with van der Waals surface area (Å²) < 4.78 is 5.26. The van der Waals surface area contributed by atoms with Crippen molar-refractivity contribution in [3.63, 3.8) is 0 Å². The van der Waals surface area contributed by atoms with Crippen molar-refractivity contribution in [1.82, 2.24) is 20.4 Å². The van der Waals surface area contributed by atoms with Gasteiger partial charge in [0.05, 0.1) is 13.2 Å². The van der Waals surface area contributed by atoms with Gasteiger partial charge in [-0.2, -0.15) is 0 Å². The standard InChI is InChI=1S/C19H32N4O2/c1-19(2,3)21-18(24)20-14-17(23-12-10-22(4)11-13-23)15-6-8-16(25-5)9-7-15/h6-9,17H,10-14H2,1-5H3,(H2,20,21,24)/t17-/m1/s1. The molecule has 0 bridgehead atoms. The van der Waals surface area contributed by atoms with Crippen LogP contribution in [0.3, 0.4) is 0 Å². The van der Waals surface area contributed by atoms with Crippen molar-refractivity contribution >= 4 is 6.03 Å². The van der Waals surface area contributed by atoms with E-state index >= 15 is 0 Å². The molecule has 1 aromatic rings. The fraction of sp³-hybridized carbons (Fsp3) is 0.632. The highest BCUT2D eigenvalue weighted by Gasteiger charge is 2.25. The van der Waals surface area contributed by atoms with Crippen molar-refractivity contribution in [1.29, 1.82) is 0 Å². The summed E-state index contributed by atoms with van der Waals surface area (Å²) in [5.74, 6) is 0.847. The first kappa shape index (κ1) is 19.5. The number of carbonyl (C=O) groups is 1. The number of benzene rings is 1. The molecule has 0 spiro atoms. The number of hydrogen-bond donors (Lipinski definition) is 2. The lowest BCUT2D eigenvalue weighted by molar-refractivity contribution is 0.111. The van der Waals surface area contributed by atoms with Crippen LogP contribution in [0.25, 0.3) is 0 Å². The summed E-state index contributed by atoms with van der Waals surface area (Å²) >= 11 is 0. The van der Waals surface area contributed by atoms with E-state index < -0.39 is 0 Å². The van der Waals surface area contributed by atoms with Crippen molar-refractivity contribution in [2.75, 3.05) is 46.9 Å². The van der Waals surface area contributed by atoms with Crippen LogP contribution < -0.4 is 15.4 Å². The second kappa shape index (κ2) is 8.54. The molecule has 1 aliphatic rings. The van der Waals surface area contributed by atoms with Crippen molar-refractivity contribution in [3.8, 4) is 5.75 Å². The Balaban J connectivity index is 2.07. The number of methoxy groups -OCH3 is 1. The van der Waals surface area contributed by atoms with Gasteiger partial charge in [-0.25, -0.2) is 4.79 Å². The van der Waals surface area contributed by atoms with Crippen LogP contribution in [0.5, 0.6) is 5.75 Å². The van der Waals surface area contributed by atoms with Crippen LogP contribution >= 0.6 is 0 Å². The Morgan fingerprint density at radius 3 is 2.28 bits per heavy atom. The van der Waals surface area contributed by atoms with Gasteiger partial charge in [-0.3, -0.25) is 4.90 Å². The fourth-order valence-electron chi connectivity index (χ4n) is 2.99. The van der Waals surface area contributed by atoms with E-state index in [0.29, 0.717) is 6.54 Å². The number of carbonyl (C=O) groups excluding carboxylic acids is 1. The van der Waals surface area contributed by atoms with Crippen LogP contribution in [0.15, 0.2) is 24.3 Å². The predicted octanol–water partition coefficient (Wildman–Crippen LogP) is 2.08. The van der Waals surface area contributed by atoms with Crippen molar-refractivity contribution in [2.24, 2.45) is 0 Å². The summed E-state index contributed by atoms with van der Waals surface area (Å²) in [7, 11) is 3.82. The second-order valence-electron chi connectivity index (χ2n) is 7.71. The zero-order valence-corrected chi connectivity index (χ0v) is 16.1. The SMILES string of the molecule is COc1ccc([C@@H](CNC(=O)NC(C)(C)C)N2CCN(C)CC2)cc1. The smallest absolute Gasteiger partial charge is 0.315 e. The van der Waals surface area contributed by atoms with E-state index in [1.807, 2.05) is 32.9 Å². The maximum Gasteiger partial charge on any atom is 0.315 e. The summed E-state index contributed by atoms with van der Waals surface area (Å²) in [4.78, 5) is 16.9. The van der Waals surface area contributed by atoms with Gasteiger partial charge < -0.3 is 20.3 Å². The van der Waals surface area contributed by atoms with Crippen molar-refractivity contribution in [3.05, 3.63) is 29.8 Å². The number of rotatable bonds is 5. The lowest BCUT2D eigenvalue weighted by Crippen LogP contribution is -2.51. The molecule has 0 saturated carbocycles. The molecule has 0 aliphatic carbocycles. The van der Waals surface area contributed by atoms with Crippen molar-refractivity contribution < 1.29 is 9.53 Å². The molecule has 0 radical (unpaired) electrons. The summed E-state index contributed by atoms with van der Waals surface area (Å²) in [6, 6.07) is 8.17. The van der Waals surface area contributed by atoms with Gasteiger partial charge in [0.2, 0.25) is 0 Å². The number of piperazine rings is 1. The van der Waals surface area contributed by atoms with Crippen LogP contribution in [0.1, 0.15) is 32.4 Å². The van der Waals surface area contributed by atoms with Gasteiger partial charge in [0.25, 0.3) is 0 Å². The number of likely N-dealkylation sites (N-methyl/N-ethyl adjacent to an activating group) is 1. The minimum absolute atomic E-state index is 0.125. The predicted molar refractivity (Wildman–Crippen MR) is 101 cm³/mol. The number of urea groups is 1. The zero-order chi connectivity index (χ0) is 18.4. The third-order valence-electron chi connectivity index (χ3n) is 4.42. The Labute approximate surface area is 151 Å². The first-order valence-electron chi connectivity index (χ1n) is 8.91. The first-order chi connectivity index (χ1) is 11.8. The van der Waals surface area contributed by atoms with Crippen LogP contribution in [0.4, 0.5) is 4.79 Å². The van der Waals surface area contributed by atoms with Gasteiger partial charge in [-0.1, -0.05) is 12.1 Å². The quantitative estimate of drug-likeness (QED) is 0.855. The molecule has 2 N–H and O–H groups in total. The summed E-state index contributed by atoms with van der Waals surface area (Å²) in [6.45, 7) is 10.6. The molecule has 6 heteroatoms. The van der Waals surface area contributed by atoms with E-state index in [2.05, 4.69) is 39.6 Å². The van der Waals surface area contributed by atoms with Gasteiger partial charge in [-0.15, -0.1) is 0 Å². The monoisotopic (exact) mass is 348 g/mol. The molecule has 2 amide bonds. The molecule has 0 aromatic heterocycles. The van der Waals surface area contributed by atoms with Gasteiger partial charge in [-0.05, 0) is 45.5 Å². The minimum Gasteiger partial charge on any atom is -0.497 e. The molecule has 2 rings (SSSR count). The average molecular weight is 348 g/mol. The van der Waals surface area contributed by atoms with Gasteiger partial charge in [0.1, 0.15) is 5.75 Å². The van der Waals surface area contributed by atoms with Gasteiger partial charge in [0.15, 0.2) is 0 Å². The number of ether oxygens (including phenoxy) is 1. The third kappa shape index (κ3) is 6.21. The van der Waals surface area contributed by atoms with Gasteiger partial charge in [0, 0.05) is 38.3 Å². The average Bonchev–Trinajstić information content (AvgIpc) is 2.55. The van der Waals surface area contributed by atoms with Crippen LogP contribution in [0.2, 0.25) is 0 Å². The van der Waals surface area contributed by atoms with Crippen LogP contribution in [-0.2, 0) is 0 Å². The first-order valence-corrected chi connectivity index (χ1v) is 8.91. The molecule has 0 unspecified atom stereocenters. The topological polar surface area (TPSA) is 56.8 Å². The second-order valence-corrected chi connectivity index (χ2v) is 7.71. The molecule has 1 fully saturated rings. The fourth-order valence-corrected chi connectivity index (χ4v) is 2.99. The van der Waals surface area contributed by atoms with Crippen molar-refractivity contribution in [2.45, 2.75) is 32.4 Å². The highest BCUT2D eigenvalue weighted by Crippen LogP contribution is 2.24. The van der Waals surface area contributed by atoms with E-state index in [1.165, 1.54) is 5.56 Å². The molecule has 140 valence electrons. The highest BCUT2D eigenvalue weighted by atomic mass is 16.5. The maximum absolute atomic E-state index is 12.2. The number of nitrogens with zero attached hydrogens (tertiary/aromatic N) is 2. The number of amides is 2. The highest BCUT2D eigenvalue weighted by molar-refractivity contribution is 5.74. The van der Waals surface area contributed by atoms with E-state index in [4.69, 9.17) is 4.74 Å². The Morgan fingerprint density at radius 2 is 1.76 bits per heavy atom. The molecule has 1 atom stereocenters. The molecule has 25 heavy (non-hydrogen) atoms. The van der Waals surface area contributed by atoms with E-state index in [0.717, 1.165) is 31.9 Å². The molecular formula is C19H32N4O2. The Morgan fingerprint density at radius 1 is 1.16 bits per heavy atom. The molecule has 1 heterocycles. The number of hydrogen-bond acceptors (Lipinski definition) is 4. The largest absolute Gasteiger partial charge is 0.497 e. The van der Waals surface area contributed by atoms with E-state index in [9.17, 15) is 4.79 Å². The molecule has 1 aliphatic heterocycles. The lowest BCUT2D eigenvalue weighted by atomic mass is 10.0. The Hall–Kier alpha value is -1.79. The van der Waals surface area contributed by atoms with Crippen LogP contribution in [0, 0.1) is 0 Å². The van der Waals surface area contributed by atoms with Crippen LogP contribution in [-0.4, -0.2) is 68.3 Å². The lowest BCUT2D eigenvalue weighted by Gasteiger charge is -2.38. The molecule has 6 nitrogen and oxygen atoms in total. The molecule has 1 saturated heterocycles. The maximum atomic E-state index is 12.2. The number of nitrogens with one attached hydrogen (secondary N) is 2. The Kier molecular flexibility index (Phi) is 6.67. The summed E-state index contributed by atoms with van der Waals surface area (Å²) in [5.41, 5.74) is 0.953. The third-order valence-corrected chi connectivity index (χ3v) is 4.42. The zero-order valence-electron chi connectivity index (χ0n) is 16.1. The van der Waals surface area contributed by atoms with Gasteiger partial charge >= 0.3 is 6.03 Å². The van der Waals surface area contributed by atoms with E-state index in [-0.39, 0.29) is 17.6 Å². The molecule has 1 aromatic carbocycles. The molecular weight excluding hydrogens is 316 g/mol. The minimum atomic E-state index is -0.243. The normalized spacial score (nSPS) is 17.8.